The predicted molar refractivity (Wildman–Crippen MR) is 73.9 cm³/mol. The smallest absolute Gasteiger partial charge is 0.323 e. The number of nitrogens with zero attached hydrogens (tertiary/aromatic N) is 2. The summed E-state index contributed by atoms with van der Waals surface area (Å²) in [6.45, 7) is 2.76. The fourth-order valence-corrected chi connectivity index (χ4v) is 3.03. The molecule has 2 rings (SSSR count). The van der Waals surface area contributed by atoms with Crippen LogP contribution in [0.15, 0.2) is 5.38 Å². The van der Waals surface area contributed by atoms with Crippen molar-refractivity contribution in [1.29, 1.82) is 0 Å². The fraction of sp³-hybridized carbons (Fsp3) is 0.615. The van der Waals surface area contributed by atoms with Crippen molar-refractivity contribution < 1.29 is 19.4 Å². The van der Waals surface area contributed by atoms with Crippen LogP contribution < -0.4 is 0 Å². The molecule has 0 aliphatic carbocycles. The van der Waals surface area contributed by atoms with Gasteiger partial charge in [-0.3, -0.25) is 9.59 Å². The van der Waals surface area contributed by atoms with Crippen molar-refractivity contribution in [3.8, 4) is 0 Å². The number of ether oxygens (including phenoxy) is 1. The van der Waals surface area contributed by atoms with Crippen LogP contribution in [0.3, 0.4) is 0 Å². The first-order valence-electron chi connectivity index (χ1n) is 6.70. The molecular weight excluding hydrogens is 280 g/mol. The average Bonchev–Trinajstić information content (AvgIpc) is 3.07. The van der Waals surface area contributed by atoms with E-state index in [2.05, 4.69) is 4.98 Å². The van der Waals surface area contributed by atoms with Gasteiger partial charge in [-0.05, 0) is 19.3 Å². The van der Waals surface area contributed by atoms with Gasteiger partial charge in [0.25, 0.3) is 5.91 Å². The van der Waals surface area contributed by atoms with Crippen LogP contribution in [0.2, 0.25) is 0 Å². The van der Waals surface area contributed by atoms with Crippen LogP contribution in [0.5, 0.6) is 0 Å². The molecule has 1 N–H and O–H groups in total. The molecule has 0 spiro atoms. The summed E-state index contributed by atoms with van der Waals surface area (Å²) in [4.78, 5) is 28.7. The molecule has 1 unspecified atom stereocenters. The molecule has 1 aliphatic heterocycles. The van der Waals surface area contributed by atoms with Gasteiger partial charge >= 0.3 is 5.97 Å². The molecule has 0 saturated carbocycles. The van der Waals surface area contributed by atoms with Gasteiger partial charge in [-0.1, -0.05) is 6.92 Å². The highest BCUT2D eigenvalue weighted by Crippen LogP contribution is 2.30. The van der Waals surface area contributed by atoms with Crippen LogP contribution in [0, 0.1) is 0 Å². The van der Waals surface area contributed by atoms with Crippen LogP contribution in [-0.2, 0) is 9.53 Å². The van der Waals surface area contributed by atoms with Crippen molar-refractivity contribution >= 4 is 23.2 Å². The van der Waals surface area contributed by atoms with E-state index in [9.17, 15) is 9.59 Å². The molecule has 1 atom stereocenters. The number of amides is 1. The summed E-state index contributed by atoms with van der Waals surface area (Å²) < 4.78 is 5.53. The third-order valence-electron chi connectivity index (χ3n) is 3.05. The van der Waals surface area contributed by atoms with Gasteiger partial charge in [-0.15, -0.1) is 11.3 Å². The minimum atomic E-state index is -1.01. The molecule has 1 saturated heterocycles. The van der Waals surface area contributed by atoms with Crippen LogP contribution in [0.4, 0.5) is 0 Å². The molecule has 0 radical (unpaired) electrons. The van der Waals surface area contributed by atoms with Crippen molar-refractivity contribution in [2.24, 2.45) is 0 Å². The van der Waals surface area contributed by atoms with Crippen molar-refractivity contribution in [2.75, 3.05) is 19.7 Å². The van der Waals surface area contributed by atoms with Crippen LogP contribution >= 0.6 is 11.3 Å². The number of carbonyl (C=O) groups excluding carboxylic acids is 1. The number of hydrogen-bond acceptors (Lipinski definition) is 5. The summed E-state index contributed by atoms with van der Waals surface area (Å²) in [5.74, 6) is -1.34. The van der Waals surface area contributed by atoms with E-state index < -0.39 is 5.97 Å². The highest BCUT2D eigenvalue weighted by Gasteiger charge is 2.25. The van der Waals surface area contributed by atoms with Gasteiger partial charge in [-0.2, -0.15) is 0 Å². The Hall–Kier alpha value is -1.47. The lowest BCUT2D eigenvalue weighted by atomic mass is 10.2. The van der Waals surface area contributed by atoms with E-state index >= 15 is 0 Å². The number of aliphatic carboxylic acids is 1. The normalized spacial score (nSPS) is 18.1. The molecule has 7 heteroatoms. The second kappa shape index (κ2) is 6.81. The average molecular weight is 298 g/mol. The molecular formula is C13H18N2O4S. The zero-order valence-electron chi connectivity index (χ0n) is 11.4. The highest BCUT2D eigenvalue weighted by atomic mass is 32.1. The quantitative estimate of drug-likeness (QED) is 0.868. The second-order valence-electron chi connectivity index (χ2n) is 4.69. The zero-order chi connectivity index (χ0) is 14.5. The number of hydrogen-bond donors (Lipinski definition) is 1. The van der Waals surface area contributed by atoms with Crippen molar-refractivity contribution in [3.63, 3.8) is 0 Å². The van der Waals surface area contributed by atoms with Gasteiger partial charge in [-0.25, -0.2) is 4.98 Å². The standard InChI is InChI=1S/C13H18N2O4S/c1-2-5-15(7-11(16)17)13(18)9-8-20-12(14-9)10-4-3-6-19-10/h8,10H,2-7H2,1H3,(H,16,17). The van der Waals surface area contributed by atoms with E-state index in [4.69, 9.17) is 9.84 Å². The molecule has 20 heavy (non-hydrogen) atoms. The number of carboxylic acid groups (broad SMARTS) is 1. The molecule has 1 aromatic rings. The van der Waals surface area contributed by atoms with E-state index in [-0.39, 0.29) is 18.6 Å². The molecule has 110 valence electrons. The Morgan fingerprint density at radius 1 is 1.60 bits per heavy atom. The van der Waals surface area contributed by atoms with Gasteiger partial charge in [0.05, 0.1) is 0 Å². The maximum Gasteiger partial charge on any atom is 0.323 e. The number of aromatic nitrogens is 1. The third-order valence-corrected chi connectivity index (χ3v) is 3.99. The first kappa shape index (κ1) is 14.9. The third kappa shape index (κ3) is 3.55. The van der Waals surface area contributed by atoms with Crippen LogP contribution in [-0.4, -0.2) is 46.6 Å². The Morgan fingerprint density at radius 2 is 2.40 bits per heavy atom. The van der Waals surface area contributed by atoms with Gasteiger partial charge in [0.1, 0.15) is 23.4 Å². The van der Waals surface area contributed by atoms with Crippen molar-refractivity contribution in [3.05, 3.63) is 16.1 Å². The largest absolute Gasteiger partial charge is 0.480 e. The number of carbonyl (C=O) groups is 2. The van der Waals surface area contributed by atoms with E-state index in [0.717, 1.165) is 24.5 Å². The minimum absolute atomic E-state index is 0.0133. The predicted octanol–water partition coefficient (Wildman–Crippen LogP) is 1.93. The van der Waals surface area contributed by atoms with Crippen LogP contribution in [0.25, 0.3) is 0 Å². The fourth-order valence-electron chi connectivity index (χ4n) is 2.15. The maximum atomic E-state index is 12.3. The number of carboxylic acids is 1. The highest BCUT2D eigenvalue weighted by molar-refractivity contribution is 7.09. The summed E-state index contributed by atoms with van der Waals surface area (Å²) in [6, 6.07) is 0. The maximum absolute atomic E-state index is 12.3. The monoisotopic (exact) mass is 298 g/mol. The van der Waals surface area contributed by atoms with Crippen molar-refractivity contribution in [2.45, 2.75) is 32.3 Å². The Bertz CT molecular complexity index is 482. The van der Waals surface area contributed by atoms with E-state index in [1.165, 1.54) is 16.2 Å². The number of thiazole rings is 1. The summed E-state index contributed by atoms with van der Waals surface area (Å²) >= 11 is 1.40. The molecule has 1 fully saturated rings. The second-order valence-corrected chi connectivity index (χ2v) is 5.58. The molecule has 2 heterocycles. The summed E-state index contributed by atoms with van der Waals surface area (Å²) in [6.07, 6.45) is 2.63. The minimum Gasteiger partial charge on any atom is -0.480 e. The molecule has 0 bridgehead atoms. The molecule has 1 aliphatic rings. The summed E-state index contributed by atoms with van der Waals surface area (Å²) in [5.41, 5.74) is 0.315. The SMILES string of the molecule is CCCN(CC(=O)O)C(=O)c1csc(C2CCCO2)n1. The lowest BCUT2D eigenvalue weighted by Crippen LogP contribution is -2.36. The molecule has 0 aromatic carbocycles. The number of rotatable bonds is 6. The Kier molecular flexibility index (Phi) is 5.08. The van der Waals surface area contributed by atoms with Crippen molar-refractivity contribution in [1.82, 2.24) is 9.88 Å². The molecule has 1 amide bonds. The first-order valence-corrected chi connectivity index (χ1v) is 7.58. The van der Waals surface area contributed by atoms with E-state index in [0.29, 0.717) is 18.7 Å². The van der Waals surface area contributed by atoms with E-state index in [1.54, 1.807) is 5.38 Å². The Balaban J connectivity index is 2.08. The summed E-state index contributed by atoms with van der Waals surface area (Å²) in [7, 11) is 0. The summed E-state index contributed by atoms with van der Waals surface area (Å²) in [5, 5.41) is 11.3. The lowest BCUT2D eigenvalue weighted by Gasteiger charge is -2.18. The lowest BCUT2D eigenvalue weighted by molar-refractivity contribution is -0.137. The van der Waals surface area contributed by atoms with Gasteiger partial charge in [0.15, 0.2) is 0 Å². The zero-order valence-corrected chi connectivity index (χ0v) is 12.2. The van der Waals surface area contributed by atoms with Crippen LogP contribution in [0.1, 0.15) is 47.8 Å². The van der Waals surface area contributed by atoms with Gasteiger partial charge in [0.2, 0.25) is 0 Å². The van der Waals surface area contributed by atoms with Gasteiger partial charge < -0.3 is 14.7 Å². The van der Waals surface area contributed by atoms with E-state index in [1.807, 2.05) is 6.92 Å². The molecule has 6 nitrogen and oxygen atoms in total. The molecule has 1 aromatic heterocycles. The topological polar surface area (TPSA) is 79.7 Å². The van der Waals surface area contributed by atoms with Gasteiger partial charge in [0, 0.05) is 18.5 Å². The Morgan fingerprint density at radius 3 is 3.00 bits per heavy atom. The Labute approximate surface area is 121 Å². The first-order chi connectivity index (χ1) is 9.61.